The summed E-state index contributed by atoms with van der Waals surface area (Å²) in [6.07, 6.45) is 0. The second kappa shape index (κ2) is 2.95. The quantitative estimate of drug-likeness (QED) is 0.313. The predicted octanol–water partition coefficient (Wildman–Crippen LogP) is -1.75. The van der Waals surface area contributed by atoms with E-state index in [0.29, 0.717) is 0 Å². The van der Waals surface area contributed by atoms with E-state index >= 15 is 0 Å². The lowest BCUT2D eigenvalue weighted by Gasteiger charge is -2.16. The number of hydrogen-bond donors (Lipinski definition) is 3. The molecule has 0 spiro atoms. The highest BCUT2D eigenvalue weighted by atomic mass is 28.2. The average molecular weight is 131 g/mol. The van der Waals surface area contributed by atoms with Crippen LogP contribution in [0.1, 0.15) is 0 Å². The average Bonchev–Trinajstić information content (AvgIpc) is 1.59. The molecule has 0 aromatic rings. The molecule has 2 radical (unpaired) electrons. The fourth-order valence-corrected chi connectivity index (χ4v) is 0.431. The Bertz CT molecular complexity index is 79.1. The van der Waals surface area contributed by atoms with Crippen molar-refractivity contribution < 1.29 is 4.43 Å². The van der Waals surface area contributed by atoms with E-state index < -0.39 is 5.97 Å². The van der Waals surface area contributed by atoms with Gasteiger partial charge in [0, 0.05) is 0 Å². The summed E-state index contributed by atoms with van der Waals surface area (Å²) in [5.41, 5.74) is 16.6. The third-order valence-electron chi connectivity index (χ3n) is 0.319. The highest BCUT2D eigenvalue weighted by Crippen LogP contribution is 1.77. The van der Waals surface area contributed by atoms with Crippen LogP contribution in [0.4, 0.5) is 0 Å². The van der Waals surface area contributed by atoms with Gasteiger partial charge in [0.15, 0.2) is 0 Å². The molecule has 0 amide bonds. The first-order valence-electron chi connectivity index (χ1n) is 1.97. The second-order valence-corrected chi connectivity index (χ2v) is 2.13. The van der Waals surface area contributed by atoms with Gasteiger partial charge in [0.25, 0.3) is 9.76 Å². The molecule has 0 bridgehead atoms. The molecule has 5 heteroatoms. The fraction of sp³-hybridized carbons (Fsp3) is 0.333. The Hall–Kier alpha value is -0.203. The molecule has 6 N–H and O–H groups in total. The molecule has 0 aliphatic rings. The Morgan fingerprint density at radius 1 is 1.50 bits per heavy atom. The Balaban J connectivity index is 3.24. The lowest BCUT2D eigenvalue weighted by molar-refractivity contribution is 0.0985. The minimum Gasteiger partial charge on any atom is -0.371 e. The Kier molecular flexibility index (Phi) is 2.88. The van der Waals surface area contributed by atoms with Crippen molar-refractivity contribution in [2.24, 2.45) is 17.2 Å². The molecule has 0 atom stereocenters. The van der Waals surface area contributed by atoms with Crippen LogP contribution in [0.5, 0.6) is 0 Å². The third kappa shape index (κ3) is 5.80. The Labute approximate surface area is 50.6 Å². The van der Waals surface area contributed by atoms with Crippen molar-refractivity contribution in [1.82, 2.24) is 0 Å². The summed E-state index contributed by atoms with van der Waals surface area (Å²) in [6, 6.07) is 0. The molecular formula is C3H9N3OSi. The molecule has 0 heterocycles. The maximum Gasteiger partial charge on any atom is 0.266 e. The zero-order chi connectivity index (χ0) is 6.62. The summed E-state index contributed by atoms with van der Waals surface area (Å²) in [6.45, 7) is 3.38. The minimum atomic E-state index is -1.51. The van der Waals surface area contributed by atoms with Gasteiger partial charge in [-0.2, -0.15) is 0 Å². The molecule has 0 aromatic heterocycles. The first kappa shape index (κ1) is 7.80. The van der Waals surface area contributed by atoms with Gasteiger partial charge in [-0.25, -0.2) is 0 Å². The van der Waals surface area contributed by atoms with E-state index in [1.54, 1.807) is 5.70 Å². The van der Waals surface area contributed by atoms with Gasteiger partial charge < -0.3 is 4.43 Å². The van der Waals surface area contributed by atoms with Crippen molar-refractivity contribution in [1.29, 1.82) is 0 Å². The smallest absolute Gasteiger partial charge is 0.266 e. The highest BCUT2D eigenvalue weighted by Gasteiger charge is 2.09. The Morgan fingerprint density at radius 2 is 2.00 bits per heavy atom. The lowest BCUT2D eigenvalue weighted by atomic mass is 10.9. The van der Waals surface area contributed by atoms with Gasteiger partial charge in [-0.05, 0) is 0 Å². The van der Waals surface area contributed by atoms with E-state index in [1.165, 1.54) is 0 Å². The molecule has 0 saturated heterocycles. The first-order chi connectivity index (χ1) is 3.56. The molecular weight excluding hydrogens is 122 g/mol. The van der Waals surface area contributed by atoms with E-state index in [9.17, 15) is 0 Å². The van der Waals surface area contributed by atoms with Gasteiger partial charge in [-0.1, -0.05) is 5.70 Å². The summed E-state index contributed by atoms with van der Waals surface area (Å²) in [7, 11) is 0.0552. The highest BCUT2D eigenvalue weighted by molar-refractivity contribution is 6.34. The van der Waals surface area contributed by atoms with Crippen molar-refractivity contribution in [3.63, 3.8) is 0 Å². The van der Waals surface area contributed by atoms with Gasteiger partial charge in [0.1, 0.15) is 0 Å². The Morgan fingerprint density at radius 3 is 2.12 bits per heavy atom. The molecule has 0 unspecified atom stereocenters. The standard InChI is InChI=1S/C3H9N3OSi/c1-2-8-7-3(4,5)6/h2H,1,4-6H2. The van der Waals surface area contributed by atoms with Crippen LogP contribution in [0.2, 0.25) is 0 Å². The van der Waals surface area contributed by atoms with Crippen LogP contribution in [-0.4, -0.2) is 15.7 Å². The van der Waals surface area contributed by atoms with E-state index in [0.717, 1.165) is 0 Å². The summed E-state index contributed by atoms with van der Waals surface area (Å²) in [5, 5.41) is 0. The predicted molar refractivity (Wildman–Crippen MR) is 32.3 cm³/mol. The van der Waals surface area contributed by atoms with E-state index in [2.05, 4.69) is 11.0 Å². The summed E-state index contributed by atoms with van der Waals surface area (Å²) in [4.78, 5) is 0. The van der Waals surface area contributed by atoms with Gasteiger partial charge >= 0.3 is 0 Å². The second-order valence-electron chi connectivity index (χ2n) is 1.28. The third-order valence-corrected chi connectivity index (χ3v) is 0.957. The van der Waals surface area contributed by atoms with Crippen molar-refractivity contribution in [2.45, 2.75) is 5.97 Å². The maximum absolute atomic E-state index is 5.01. The largest absolute Gasteiger partial charge is 0.371 e. The van der Waals surface area contributed by atoms with Gasteiger partial charge in [0.05, 0.1) is 0 Å². The molecule has 0 aliphatic carbocycles. The number of hydrogen-bond acceptors (Lipinski definition) is 4. The maximum atomic E-state index is 5.01. The molecule has 0 saturated carbocycles. The van der Waals surface area contributed by atoms with Crippen LogP contribution < -0.4 is 17.2 Å². The first-order valence-corrected chi connectivity index (χ1v) is 2.96. The number of nitrogens with two attached hydrogens (primary N) is 3. The topological polar surface area (TPSA) is 87.3 Å². The van der Waals surface area contributed by atoms with Gasteiger partial charge in [-0.3, -0.25) is 17.2 Å². The van der Waals surface area contributed by atoms with Crippen LogP contribution in [0, 0.1) is 0 Å². The van der Waals surface area contributed by atoms with Crippen LogP contribution in [0.3, 0.4) is 0 Å². The zero-order valence-corrected chi connectivity index (χ0v) is 5.42. The van der Waals surface area contributed by atoms with Crippen LogP contribution in [0.25, 0.3) is 0 Å². The van der Waals surface area contributed by atoms with Gasteiger partial charge in [-0.15, -0.1) is 6.58 Å². The molecule has 0 aromatic carbocycles. The number of rotatable bonds is 3. The molecule has 0 rings (SSSR count). The van der Waals surface area contributed by atoms with Crippen molar-refractivity contribution >= 4 is 9.76 Å². The SMILES string of the molecule is C=C[Si]OC(N)(N)N. The van der Waals surface area contributed by atoms with Gasteiger partial charge in [0.2, 0.25) is 5.97 Å². The summed E-state index contributed by atoms with van der Waals surface area (Å²) >= 11 is 0. The monoisotopic (exact) mass is 131 g/mol. The molecule has 46 valence electrons. The van der Waals surface area contributed by atoms with Crippen molar-refractivity contribution in [3.05, 3.63) is 12.3 Å². The normalized spacial score (nSPS) is 11.4. The van der Waals surface area contributed by atoms with Crippen LogP contribution in [-0.2, 0) is 4.43 Å². The van der Waals surface area contributed by atoms with Crippen molar-refractivity contribution in [2.75, 3.05) is 0 Å². The van der Waals surface area contributed by atoms with Crippen LogP contribution >= 0.6 is 0 Å². The molecule has 0 aliphatic heterocycles. The fourth-order valence-electron chi connectivity index (χ4n) is 0.144. The molecule has 0 fully saturated rings. The molecule has 4 nitrogen and oxygen atoms in total. The molecule has 8 heavy (non-hydrogen) atoms. The van der Waals surface area contributed by atoms with Crippen molar-refractivity contribution in [3.8, 4) is 0 Å². The van der Waals surface area contributed by atoms with E-state index in [-0.39, 0.29) is 9.76 Å². The minimum absolute atomic E-state index is 0.0552. The summed E-state index contributed by atoms with van der Waals surface area (Å²) in [5.74, 6) is -1.51. The zero-order valence-electron chi connectivity index (χ0n) is 4.42. The lowest BCUT2D eigenvalue weighted by Crippen LogP contribution is -2.60. The summed E-state index contributed by atoms with van der Waals surface area (Å²) < 4.78 is 4.62. The van der Waals surface area contributed by atoms with E-state index in [4.69, 9.17) is 17.2 Å². The van der Waals surface area contributed by atoms with Crippen LogP contribution in [0.15, 0.2) is 12.3 Å². The van der Waals surface area contributed by atoms with E-state index in [1.807, 2.05) is 0 Å².